The van der Waals surface area contributed by atoms with E-state index >= 15 is 0 Å². The molecule has 2 N–H and O–H groups in total. The zero-order valence-electron chi connectivity index (χ0n) is 12.5. The van der Waals surface area contributed by atoms with Crippen molar-refractivity contribution in [1.29, 1.82) is 0 Å². The van der Waals surface area contributed by atoms with Gasteiger partial charge in [-0.1, -0.05) is 30.3 Å². The van der Waals surface area contributed by atoms with E-state index in [1.807, 2.05) is 30.3 Å². The van der Waals surface area contributed by atoms with Crippen molar-refractivity contribution in [2.75, 3.05) is 26.7 Å². The number of carbonyl (C=O) groups is 2. The summed E-state index contributed by atoms with van der Waals surface area (Å²) in [5.74, 6) is -0.0656. The fourth-order valence-electron chi connectivity index (χ4n) is 2.96. The molecular weight excluding hydrogens is 282 g/mol. The lowest BCUT2D eigenvalue weighted by molar-refractivity contribution is -0.125. The zero-order valence-corrected chi connectivity index (χ0v) is 12.5. The summed E-state index contributed by atoms with van der Waals surface area (Å²) in [7, 11) is 1.68. The van der Waals surface area contributed by atoms with Gasteiger partial charge in [0.15, 0.2) is 0 Å². The monoisotopic (exact) mass is 301 g/mol. The quantitative estimate of drug-likeness (QED) is 0.866. The Morgan fingerprint density at radius 1 is 1.27 bits per heavy atom. The molecule has 6 nitrogen and oxygen atoms in total. The molecule has 22 heavy (non-hydrogen) atoms. The maximum absolute atomic E-state index is 12.7. The third kappa shape index (κ3) is 2.35. The van der Waals surface area contributed by atoms with Crippen LogP contribution in [-0.4, -0.2) is 53.6 Å². The molecule has 2 aliphatic rings. The van der Waals surface area contributed by atoms with Crippen LogP contribution in [0.15, 0.2) is 41.6 Å². The lowest BCUT2D eigenvalue weighted by atomic mass is 9.96. The van der Waals surface area contributed by atoms with Gasteiger partial charge in [-0.05, 0) is 12.0 Å². The highest BCUT2D eigenvalue weighted by Gasteiger charge is 2.42. The highest BCUT2D eigenvalue weighted by Crippen LogP contribution is 2.35. The van der Waals surface area contributed by atoms with Gasteiger partial charge in [-0.3, -0.25) is 9.69 Å². The van der Waals surface area contributed by atoms with Crippen LogP contribution >= 0.6 is 0 Å². The number of nitrogens with zero attached hydrogens (tertiary/aromatic N) is 2. The van der Waals surface area contributed by atoms with Gasteiger partial charge in [0.25, 0.3) is 5.91 Å². The Hall–Kier alpha value is -2.34. The minimum atomic E-state index is -0.411. The Bertz CT molecular complexity index is 627. The first-order valence-electron chi connectivity index (χ1n) is 7.36. The number of likely N-dealkylation sites (N-methyl/N-ethyl adjacent to an activating group) is 1. The Kier molecular flexibility index (Phi) is 3.85. The molecule has 0 saturated heterocycles. The molecule has 0 aromatic heterocycles. The van der Waals surface area contributed by atoms with E-state index in [-0.39, 0.29) is 18.5 Å². The molecule has 1 unspecified atom stereocenters. The molecular formula is C16H19N3O3. The molecule has 2 heterocycles. The van der Waals surface area contributed by atoms with Gasteiger partial charge in [0, 0.05) is 20.2 Å². The van der Waals surface area contributed by atoms with E-state index in [2.05, 4.69) is 5.32 Å². The van der Waals surface area contributed by atoms with Crippen LogP contribution in [-0.2, 0) is 4.79 Å². The number of amides is 3. The molecule has 1 aromatic rings. The van der Waals surface area contributed by atoms with Crippen LogP contribution in [0.3, 0.4) is 0 Å². The van der Waals surface area contributed by atoms with Gasteiger partial charge < -0.3 is 15.3 Å². The van der Waals surface area contributed by atoms with E-state index in [1.165, 1.54) is 4.90 Å². The Balaban J connectivity index is 1.96. The number of aliphatic hydroxyl groups excluding tert-OH is 1. The van der Waals surface area contributed by atoms with E-state index in [9.17, 15) is 9.59 Å². The normalized spacial score (nSPS) is 21.3. The van der Waals surface area contributed by atoms with Crippen LogP contribution in [0.2, 0.25) is 0 Å². The Morgan fingerprint density at radius 2 is 2.00 bits per heavy atom. The lowest BCUT2D eigenvalue weighted by Crippen LogP contribution is -2.45. The minimum absolute atomic E-state index is 0.0452. The third-order valence-corrected chi connectivity index (χ3v) is 4.15. The van der Waals surface area contributed by atoms with Crippen LogP contribution in [0.4, 0.5) is 4.79 Å². The highest BCUT2D eigenvalue weighted by atomic mass is 16.3. The molecule has 0 bridgehead atoms. The van der Waals surface area contributed by atoms with Crippen molar-refractivity contribution in [2.45, 2.75) is 12.5 Å². The maximum atomic E-state index is 12.7. The standard InChI is InChI=1S/C16H19N3O3/c1-18-12-10-19(8-5-9-20)15(21)13(12)14(17-16(18)22)11-6-3-2-4-7-11/h2-4,6-7,14,20H,5,8-10H2,1H3,(H,17,22). The molecule has 0 saturated carbocycles. The van der Waals surface area contributed by atoms with Crippen molar-refractivity contribution < 1.29 is 14.7 Å². The minimum Gasteiger partial charge on any atom is -0.396 e. The van der Waals surface area contributed by atoms with E-state index in [0.717, 1.165) is 11.3 Å². The number of aliphatic hydroxyl groups is 1. The van der Waals surface area contributed by atoms with Crippen LogP contribution < -0.4 is 5.32 Å². The number of benzene rings is 1. The van der Waals surface area contributed by atoms with Gasteiger partial charge in [-0.15, -0.1) is 0 Å². The van der Waals surface area contributed by atoms with Crippen LogP contribution in [0.5, 0.6) is 0 Å². The molecule has 0 spiro atoms. The number of hydrogen-bond acceptors (Lipinski definition) is 3. The molecule has 3 amide bonds. The van der Waals surface area contributed by atoms with E-state index < -0.39 is 6.04 Å². The fourth-order valence-corrected chi connectivity index (χ4v) is 2.96. The first kappa shape index (κ1) is 14.6. The smallest absolute Gasteiger partial charge is 0.322 e. The first-order valence-corrected chi connectivity index (χ1v) is 7.36. The van der Waals surface area contributed by atoms with Crippen molar-refractivity contribution >= 4 is 11.9 Å². The molecule has 0 fully saturated rings. The second-order valence-electron chi connectivity index (χ2n) is 5.52. The number of nitrogens with one attached hydrogen (secondary N) is 1. The van der Waals surface area contributed by atoms with E-state index in [0.29, 0.717) is 25.1 Å². The van der Waals surface area contributed by atoms with E-state index in [1.54, 1.807) is 11.9 Å². The SMILES string of the molecule is CN1C(=O)NC(c2ccccc2)C2=C1CN(CCCO)C2=O. The van der Waals surface area contributed by atoms with Crippen molar-refractivity contribution in [1.82, 2.24) is 15.1 Å². The second kappa shape index (κ2) is 5.81. The Labute approximate surface area is 129 Å². The maximum Gasteiger partial charge on any atom is 0.322 e. The summed E-state index contributed by atoms with van der Waals surface area (Å²) in [5, 5.41) is 11.9. The van der Waals surface area contributed by atoms with Crippen molar-refractivity contribution in [3.63, 3.8) is 0 Å². The number of carbonyl (C=O) groups excluding carboxylic acids is 2. The van der Waals surface area contributed by atoms with Gasteiger partial charge >= 0.3 is 6.03 Å². The Morgan fingerprint density at radius 3 is 2.68 bits per heavy atom. The molecule has 3 rings (SSSR count). The molecule has 116 valence electrons. The van der Waals surface area contributed by atoms with Crippen LogP contribution in [0.1, 0.15) is 18.0 Å². The third-order valence-electron chi connectivity index (χ3n) is 4.15. The molecule has 0 aliphatic carbocycles. The number of urea groups is 1. The van der Waals surface area contributed by atoms with Gasteiger partial charge in [-0.2, -0.15) is 0 Å². The highest BCUT2D eigenvalue weighted by molar-refractivity contribution is 6.01. The van der Waals surface area contributed by atoms with Crippen LogP contribution in [0, 0.1) is 0 Å². The summed E-state index contributed by atoms with van der Waals surface area (Å²) < 4.78 is 0. The van der Waals surface area contributed by atoms with Crippen molar-refractivity contribution in [2.24, 2.45) is 0 Å². The zero-order chi connectivity index (χ0) is 15.7. The predicted octanol–water partition coefficient (Wildman–Crippen LogP) is 0.861. The average Bonchev–Trinajstić information content (AvgIpc) is 2.87. The van der Waals surface area contributed by atoms with Gasteiger partial charge in [0.05, 0.1) is 23.9 Å². The summed E-state index contributed by atoms with van der Waals surface area (Å²) in [6.45, 7) is 0.955. The first-order chi connectivity index (χ1) is 10.6. The summed E-state index contributed by atoms with van der Waals surface area (Å²) in [5.41, 5.74) is 2.28. The predicted molar refractivity (Wildman–Crippen MR) is 80.8 cm³/mol. The van der Waals surface area contributed by atoms with Gasteiger partial charge in [0.2, 0.25) is 0 Å². The average molecular weight is 301 g/mol. The molecule has 6 heteroatoms. The second-order valence-corrected chi connectivity index (χ2v) is 5.52. The molecule has 2 aliphatic heterocycles. The number of hydrogen-bond donors (Lipinski definition) is 2. The number of rotatable bonds is 4. The summed E-state index contributed by atoms with van der Waals surface area (Å²) in [6.07, 6.45) is 0.535. The molecule has 1 aromatic carbocycles. The topological polar surface area (TPSA) is 72.9 Å². The summed E-state index contributed by atoms with van der Waals surface area (Å²) in [4.78, 5) is 28.0. The van der Waals surface area contributed by atoms with Gasteiger partial charge in [-0.25, -0.2) is 4.79 Å². The fraction of sp³-hybridized carbons (Fsp3) is 0.375. The lowest BCUT2D eigenvalue weighted by Gasteiger charge is -2.31. The van der Waals surface area contributed by atoms with Crippen LogP contribution in [0.25, 0.3) is 0 Å². The van der Waals surface area contributed by atoms with Crippen molar-refractivity contribution in [3.8, 4) is 0 Å². The largest absolute Gasteiger partial charge is 0.396 e. The van der Waals surface area contributed by atoms with Crippen molar-refractivity contribution in [3.05, 3.63) is 47.2 Å². The van der Waals surface area contributed by atoms with Gasteiger partial charge in [0.1, 0.15) is 0 Å². The molecule has 0 radical (unpaired) electrons. The summed E-state index contributed by atoms with van der Waals surface area (Å²) >= 11 is 0. The summed E-state index contributed by atoms with van der Waals surface area (Å²) in [6, 6.07) is 8.89. The molecule has 1 atom stereocenters. The van der Waals surface area contributed by atoms with E-state index in [4.69, 9.17) is 5.11 Å².